The summed E-state index contributed by atoms with van der Waals surface area (Å²) in [6.07, 6.45) is -5.77. The van der Waals surface area contributed by atoms with Gasteiger partial charge in [-0.05, 0) is 26.0 Å². The van der Waals surface area contributed by atoms with Crippen molar-refractivity contribution in [3.8, 4) is 0 Å². The van der Waals surface area contributed by atoms with E-state index in [1.807, 2.05) is 6.92 Å². The first-order valence-electron chi connectivity index (χ1n) is 6.63. The number of halogens is 5. The summed E-state index contributed by atoms with van der Waals surface area (Å²) in [7, 11) is 0. The molecule has 1 N–H and O–H groups in total. The van der Waals surface area contributed by atoms with Crippen LogP contribution in [0.1, 0.15) is 31.9 Å². The minimum Gasteiger partial charge on any atom is -0.367 e. The number of rotatable bonds is 7. The van der Waals surface area contributed by atoms with Crippen molar-refractivity contribution in [1.29, 1.82) is 0 Å². The van der Waals surface area contributed by atoms with Crippen LogP contribution < -0.4 is 5.32 Å². The van der Waals surface area contributed by atoms with Gasteiger partial charge in [-0.15, -0.1) is 0 Å². The van der Waals surface area contributed by atoms with E-state index in [0.29, 0.717) is 13.0 Å². The smallest absolute Gasteiger partial charge is 0.367 e. The van der Waals surface area contributed by atoms with Crippen molar-refractivity contribution in [3.05, 3.63) is 35.4 Å². The van der Waals surface area contributed by atoms with Crippen molar-refractivity contribution < 1.29 is 26.7 Å². The van der Waals surface area contributed by atoms with Crippen LogP contribution >= 0.6 is 0 Å². The molecule has 0 spiro atoms. The SMILES string of the molecule is CCCNC(COC(C)C(F)(F)F)c1cccc(F)c1F. The molecular weight excluding hydrogens is 293 g/mol. The van der Waals surface area contributed by atoms with Crippen LogP contribution in [0.25, 0.3) is 0 Å². The fourth-order valence-electron chi connectivity index (χ4n) is 1.70. The fourth-order valence-corrected chi connectivity index (χ4v) is 1.70. The molecule has 0 amide bonds. The molecule has 2 unspecified atom stereocenters. The van der Waals surface area contributed by atoms with E-state index in [0.717, 1.165) is 13.0 Å². The van der Waals surface area contributed by atoms with Gasteiger partial charge in [0, 0.05) is 5.56 Å². The van der Waals surface area contributed by atoms with Gasteiger partial charge in [0.25, 0.3) is 0 Å². The molecule has 0 saturated heterocycles. The molecule has 0 aliphatic heterocycles. The van der Waals surface area contributed by atoms with Crippen LogP contribution in [0.4, 0.5) is 22.0 Å². The summed E-state index contributed by atoms with van der Waals surface area (Å²) >= 11 is 0. The van der Waals surface area contributed by atoms with Crippen molar-refractivity contribution in [3.63, 3.8) is 0 Å². The van der Waals surface area contributed by atoms with Crippen molar-refractivity contribution >= 4 is 0 Å². The van der Waals surface area contributed by atoms with Crippen molar-refractivity contribution in [2.45, 2.75) is 38.6 Å². The van der Waals surface area contributed by atoms with Crippen molar-refractivity contribution in [1.82, 2.24) is 5.32 Å². The summed E-state index contributed by atoms with van der Waals surface area (Å²) in [6.45, 7) is 2.77. The molecule has 1 aromatic rings. The monoisotopic (exact) mass is 311 g/mol. The predicted octanol–water partition coefficient (Wildman–Crippen LogP) is 3.97. The Morgan fingerprint density at radius 3 is 2.48 bits per heavy atom. The molecule has 2 atom stereocenters. The number of hydrogen-bond acceptors (Lipinski definition) is 2. The summed E-state index contributed by atoms with van der Waals surface area (Å²) in [5.41, 5.74) is -0.0437. The minimum atomic E-state index is -4.49. The molecule has 120 valence electrons. The molecule has 2 nitrogen and oxygen atoms in total. The summed E-state index contributed by atoms with van der Waals surface area (Å²) in [5.74, 6) is -2.12. The lowest BCUT2D eigenvalue weighted by Crippen LogP contribution is -2.34. The number of hydrogen-bond donors (Lipinski definition) is 1. The van der Waals surface area contributed by atoms with Gasteiger partial charge in [0.1, 0.15) is 0 Å². The van der Waals surface area contributed by atoms with Gasteiger partial charge < -0.3 is 10.1 Å². The van der Waals surface area contributed by atoms with Crippen LogP contribution in [0, 0.1) is 11.6 Å². The Morgan fingerprint density at radius 2 is 1.90 bits per heavy atom. The van der Waals surface area contributed by atoms with E-state index in [-0.39, 0.29) is 5.56 Å². The first-order valence-corrected chi connectivity index (χ1v) is 6.63. The molecule has 0 saturated carbocycles. The van der Waals surface area contributed by atoms with Crippen molar-refractivity contribution in [2.24, 2.45) is 0 Å². The summed E-state index contributed by atoms with van der Waals surface area (Å²) in [6, 6.07) is 2.74. The first kappa shape index (κ1) is 17.8. The topological polar surface area (TPSA) is 21.3 Å². The Kier molecular flexibility index (Phi) is 6.54. The molecule has 1 rings (SSSR count). The lowest BCUT2D eigenvalue weighted by Gasteiger charge is -2.23. The number of benzene rings is 1. The molecule has 7 heteroatoms. The average Bonchev–Trinajstić information content (AvgIpc) is 2.41. The second-order valence-corrected chi connectivity index (χ2v) is 4.67. The molecule has 0 radical (unpaired) electrons. The van der Waals surface area contributed by atoms with Crippen LogP contribution in [0.15, 0.2) is 18.2 Å². The van der Waals surface area contributed by atoms with E-state index in [1.165, 1.54) is 12.1 Å². The highest BCUT2D eigenvalue weighted by Crippen LogP contribution is 2.25. The van der Waals surface area contributed by atoms with E-state index < -0.39 is 36.6 Å². The lowest BCUT2D eigenvalue weighted by atomic mass is 10.1. The Morgan fingerprint density at radius 1 is 1.24 bits per heavy atom. The molecule has 0 fully saturated rings. The van der Waals surface area contributed by atoms with Gasteiger partial charge in [-0.25, -0.2) is 8.78 Å². The Hall–Kier alpha value is -1.21. The van der Waals surface area contributed by atoms with Gasteiger partial charge in [0.2, 0.25) is 0 Å². The van der Waals surface area contributed by atoms with E-state index >= 15 is 0 Å². The highest BCUT2D eigenvalue weighted by Gasteiger charge is 2.37. The largest absolute Gasteiger partial charge is 0.414 e. The molecule has 0 aliphatic rings. The van der Waals surface area contributed by atoms with Crippen molar-refractivity contribution in [2.75, 3.05) is 13.2 Å². The Bertz CT molecular complexity index is 449. The van der Waals surface area contributed by atoms with Crippen LogP contribution in [0.3, 0.4) is 0 Å². The van der Waals surface area contributed by atoms with Crippen LogP contribution in [0.5, 0.6) is 0 Å². The number of nitrogens with one attached hydrogen (secondary N) is 1. The van der Waals surface area contributed by atoms with Gasteiger partial charge in [0.15, 0.2) is 17.7 Å². The molecule has 0 bridgehead atoms. The quantitative estimate of drug-likeness (QED) is 0.769. The zero-order chi connectivity index (χ0) is 16.0. The zero-order valence-electron chi connectivity index (χ0n) is 11.8. The third kappa shape index (κ3) is 5.24. The average molecular weight is 311 g/mol. The third-order valence-corrected chi connectivity index (χ3v) is 2.97. The predicted molar refractivity (Wildman–Crippen MR) is 68.9 cm³/mol. The van der Waals surface area contributed by atoms with Gasteiger partial charge in [-0.2, -0.15) is 13.2 Å². The second-order valence-electron chi connectivity index (χ2n) is 4.67. The van der Waals surface area contributed by atoms with Gasteiger partial charge in [0.05, 0.1) is 12.6 Å². The van der Waals surface area contributed by atoms with Gasteiger partial charge in [-0.1, -0.05) is 19.1 Å². The Labute approximate surface area is 120 Å². The molecule has 1 aromatic carbocycles. The molecule has 0 aliphatic carbocycles. The molecule has 0 heterocycles. The third-order valence-electron chi connectivity index (χ3n) is 2.97. The zero-order valence-corrected chi connectivity index (χ0v) is 11.8. The van der Waals surface area contributed by atoms with Crippen LogP contribution in [-0.2, 0) is 4.74 Å². The van der Waals surface area contributed by atoms with E-state index in [2.05, 4.69) is 5.32 Å². The highest BCUT2D eigenvalue weighted by atomic mass is 19.4. The molecular formula is C14H18F5NO. The highest BCUT2D eigenvalue weighted by molar-refractivity contribution is 5.22. The maximum Gasteiger partial charge on any atom is 0.414 e. The standard InChI is InChI=1S/C14H18F5NO/c1-3-7-20-12(8-21-9(2)14(17,18)19)10-5-4-6-11(15)13(10)16/h4-6,9,12,20H,3,7-8H2,1-2H3. The molecule has 0 aromatic heterocycles. The maximum absolute atomic E-state index is 13.7. The van der Waals surface area contributed by atoms with E-state index in [4.69, 9.17) is 4.74 Å². The number of alkyl halides is 3. The van der Waals surface area contributed by atoms with Crippen LogP contribution in [-0.4, -0.2) is 25.4 Å². The summed E-state index contributed by atoms with van der Waals surface area (Å²) < 4.78 is 69.0. The Balaban J connectivity index is 2.83. The maximum atomic E-state index is 13.7. The fraction of sp³-hybridized carbons (Fsp3) is 0.571. The van der Waals surface area contributed by atoms with E-state index in [1.54, 1.807) is 0 Å². The summed E-state index contributed by atoms with van der Waals surface area (Å²) in [4.78, 5) is 0. The second kappa shape index (κ2) is 7.70. The summed E-state index contributed by atoms with van der Waals surface area (Å²) in [5, 5.41) is 2.86. The van der Waals surface area contributed by atoms with Gasteiger partial charge in [-0.3, -0.25) is 0 Å². The van der Waals surface area contributed by atoms with Crippen LogP contribution in [0.2, 0.25) is 0 Å². The number of ether oxygens (including phenoxy) is 1. The minimum absolute atomic E-state index is 0.0437. The van der Waals surface area contributed by atoms with E-state index in [9.17, 15) is 22.0 Å². The lowest BCUT2D eigenvalue weighted by molar-refractivity contribution is -0.215. The first-order chi connectivity index (χ1) is 9.77. The normalized spacial score (nSPS) is 15.0. The van der Waals surface area contributed by atoms with Gasteiger partial charge >= 0.3 is 6.18 Å². The molecule has 21 heavy (non-hydrogen) atoms.